The normalized spacial score (nSPS) is 14.6. The first-order valence-corrected chi connectivity index (χ1v) is 6.62. The summed E-state index contributed by atoms with van der Waals surface area (Å²) in [5.74, 6) is -0.0883. The predicted molar refractivity (Wildman–Crippen MR) is 72.8 cm³/mol. The van der Waals surface area contributed by atoms with Crippen molar-refractivity contribution in [3.8, 4) is 0 Å². The van der Waals surface area contributed by atoms with Gasteiger partial charge >= 0.3 is 12.0 Å². The maximum atomic E-state index is 11.6. The Labute approximate surface area is 114 Å². The molecule has 0 saturated carbocycles. The smallest absolute Gasteiger partial charge is 0.328 e. The van der Waals surface area contributed by atoms with Gasteiger partial charge in [-0.2, -0.15) is 0 Å². The summed E-state index contributed by atoms with van der Waals surface area (Å²) in [6.07, 6.45) is -1.14. The van der Waals surface area contributed by atoms with Crippen LogP contribution in [-0.2, 0) is 4.79 Å². The van der Waals surface area contributed by atoms with Crippen LogP contribution in [0.1, 0.15) is 34.6 Å². The number of carbonyl (C=O) groups excluding carboxylic acids is 1. The molecule has 6 heteroatoms. The third-order valence-corrected chi connectivity index (χ3v) is 3.25. The molecule has 112 valence electrons. The number of aliphatic hydroxyl groups is 1. The monoisotopic (exact) mass is 274 g/mol. The lowest BCUT2D eigenvalue weighted by Crippen LogP contribution is -2.52. The zero-order valence-electron chi connectivity index (χ0n) is 12.3. The van der Waals surface area contributed by atoms with E-state index in [1.807, 2.05) is 0 Å². The fourth-order valence-electron chi connectivity index (χ4n) is 2.03. The number of amides is 2. The zero-order chi connectivity index (χ0) is 15.2. The van der Waals surface area contributed by atoms with Crippen LogP contribution in [0, 0.1) is 17.8 Å². The maximum Gasteiger partial charge on any atom is 0.328 e. The maximum absolute atomic E-state index is 11.6. The third-order valence-electron chi connectivity index (χ3n) is 3.25. The van der Waals surface area contributed by atoms with Crippen LogP contribution >= 0.6 is 0 Å². The minimum absolute atomic E-state index is 0.320. The molecule has 0 spiro atoms. The van der Waals surface area contributed by atoms with E-state index < -0.39 is 24.1 Å². The average Bonchev–Trinajstić information content (AvgIpc) is 2.24. The van der Waals surface area contributed by atoms with E-state index >= 15 is 0 Å². The van der Waals surface area contributed by atoms with E-state index in [-0.39, 0.29) is 0 Å². The fourth-order valence-corrected chi connectivity index (χ4v) is 2.03. The molecule has 0 bridgehead atoms. The van der Waals surface area contributed by atoms with Crippen molar-refractivity contribution >= 4 is 12.0 Å². The lowest BCUT2D eigenvalue weighted by Gasteiger charge is -2.25. The Kier molecular flexibility index (Phi) is 7.44. The molecule has 19 heavy (non-hydrogen) atoms. The minimum atomic E-state index is -1.29. The quantitative estimate of drug-likeness (QED) is 0.557. The molecule has 6 nitrogen and oxygen atoms in total. The molecule has 0 aromatic heterocycles. The van der Waals surface area contributed by atoms with E-state index in [9.17, 15) is 14.7 Å². The van der Waals surface area contributed by atoms with Crippen molar-refractivity contribution in [2.45, 2.75) is 46.8 Å². The molecule has 2 atom stereocenters. The summed E-state index contributed by atoms with van der Waals surface area (Å²) in [5, 5.41) is 23.0. The molecular formula is C13H26N2O4. The second-order valence-corrected chi connectivity index (χ2v) is 5.56. The van der Waals surface area contributed by atoms with Crippen molar-refractivity contribution in [1.29, 1.82) is 0 Å². The highest BCUT2D eigenvalue weighted by molar-refractivity contribution is 5.82. The highest BCUT2D eigenvalue weighted by Crippen LogP contribution is 2.19. The van der Waals surface area contributed by atoms with Crippen LogP contribution in [0.4, 0.5) is 4.79 Å². The Morgan fingerprint density at radius 1 is 1.05 bits per heavy atom. The molecule has 0 radical (unpaired) electrons. The van der Waals surface area contributed by atoms with Crippen molar-refractivity contribution in [1.82, 2.24) is 10.6 Å². The van der Waals surface area contributed by atoms with Crippen molar-refractivity contribution in [3.05, 3.63) is 0 Å². The molecular weight excluding hydrogens is 248 g/mol. The number of rotatable bonds is 7. The minimum Gasteiger partial charge on any atom is -0.480 e. The van der Waals surface area contributed by atoms with E-state index in [0.29, 0.717) is 24.3 Å². The first-order chi connectivity index (χ1) is 8.66. The molecule has 0 aromatic carbocycles. The largest absolute Gasteiger partial charge is 0.480 e. The molecule has 2 amide bonds. The van der Waals surface area contributed by atoms with Crippen LogP contribution < -0.4 is 10.6 Å². The first kappa shape index (κ1) is 17.7. The standard InChI is InChI=1S/C13H26N2O4/c1-7(2)10(8(3)4)6-14-13(19)15-11(9(5)16)12(17)18/h7-11,16H,6H2,1-5H3,(H,17,18)(H2,14,15,19)/t9-,11+/m1/s1. The number of hydrogen-bond donors (Lipinski definition) is 4. The lowest BCUT2D eigenvalue weighted by molar-refractivity contribution is -0.141. The Bertz CT molecular complexity index is 295. The van der Waals surface area contributed by atoms with Crippen molar-refractivity contribution in [2.75, 3.05) is 6.54 Å². The van der Waals surface area contributed by atoms with E-state index in [1.54, 1.807) is 0 Å². The highest BCUT2D eigenvalue weighted by atomic mass is 16.4. The summed E-state index contributed by atoms with van der Waals surface area (Å²) in [5.41, 5.74) is 0. The molecule has 0 heterocycles. The van der Waals surface area contributed by atoms with Gasteiger partial charge in [-0.25, -0.2) is 9.59 Å². The average molecular weight is 274 g/mol. The Hall–Kier alpha value is -1.30. The molecule has 0 unspecified atom stereocenters. The Morgan fingerprint density at radius 3 is 1.84 bits per heavy atom. The van der Waals surface area contributed by atoms with Gasteiger partial charge in [0.05, 0.1) is 6.10 Å². The molecule has 0 aliphatic heterocycles. The molecule has 0 saturated heterocycles. The summed E-state index contributed by atoms with van der Waals surface area (Å²) >= 11 is 0. The number of hydrogen-bond acceptors (Lipinski definition) is 3. The van der Waals surface area contributed by atoms with E-state index in [1.165, 1.54) is 6.92 Å². The van der Waals surface area contributed by atoms with Gasteiger partial charge in [0.25, 0.3) is 0 Å². The Balaban J connectivity index is 4.34. The number of carbonyl (C=O) groups is 2. The SMILES string of the molecule is CC(C)C(CNC(=O)N[C@H](C(=O)O)[C@@H](C)O)C(C)C. The highest BCUT2D eigenvalue weighted by Gasteiger charge is 2.25. The van der Waals surface area contributed by atoms with Crippen LogP contribution in [0.5, 0.6) is 0 Å². The number of nitrogens with one attached hydrogen (secondary N) is 2. The molecule has 0 aromatic rings. The fraction of sp³-hybridized carbons (Fsp3) is 0.846. The Morgan fingerprint density at radius 2 is 1.53 bits per heavy atom. The second-order valence-electron chi connectivity index (χ2n) is 5.56. The predicted octanol–water partition coefficient (Wildman–Crippen LogP) is 1.05. The summed E-state index contributed by atoms with van der Waals surface area (Å²) in [6, 6.07) is -1.86. The number of aliphatic carboxylic acids is 1. The van der Waals surface area contributed by atoms with Crippen molar-refractivity contribution < 1.29 is 19.8 Å². The van der Waals surface area contributed by atoms with Gasteiger partial charge in [0.2, 0.25) is 0 Å². The summed E-state index contributed by atoms with van der Waals surface area (Å²) in [4.78, 5) is 22.4. The second kappa shape index (κ2) is 7.99. The van der Waals surface area contributed by atoms with Crippen LogP contribution in [0.3, 0.4) is 0 Å². The van der Waals surface area contributed by atoms with Gasteiger partial charge in [-0.1, -0.05) is 27.7 Å². The summed E-state index contributed by atoms with van der Waals surface area (Å²) < 4.78 is 0. The molecule has 0 aliphatic carbocycles. The van der Waals surface area contributed by atoms with Crippen LogP contribution in [-0.4, -0.2) is 40.9 Å². The summed E-state index contributed by atoms with van der Waals surface area (Å²) in [6.45, 7) is 10.1. The summed E-state index contributed by atoms with van der Waals surface area (Å²) in [7, 11) is 0. The van der Waals surface area contributed by atoms with E-state index in [2.05, 4.69) is 38.3 Å². The van der Waals surface area contributed by atoms with E-state index in [4.69, 9.17) is 5.11 Å². The van der Waals surface area contributed by atoms with Crippen LogP contribution in [0.25, 0.3) is 0 Å². The van der Waals surface area contributed by atoms with Gasteiger partial charge in [-0.05, 0) is 24.7 Å². The van der Waals surface area contributed by atoms with Crippen molar-refractivity contribution in [2.24, 2.45) is 17.8 Å². The van der Waals surface area contributed by atoms with Gasteiger partial charge < -0.3 is 20.8 Å². The lowest BCUT2D eigenvalue weighted by atomic mass is 9.85. The number of carboxylic acids is 1. The van der Waals surface area contributed by atoms with Crippen molar-refractivity contribution in [3.63, 3.8) is 0 Å². The number of aliphatic hydroxyl groups excluding tert-OH is 1. The molecule has 0 rings (SSSR count). The first-order valence-electron chi connectivity index (χ1n) is 6.62. The molecule has 4 N–H and O–H groups in total. The third kappa shape index (κ3) is 6.42. The van der Waals surface area contributed by atoms with E-state index in [0.717, 1.165) is 0 Å². The molecule has 0 aliphatic rings. The van der Waals surface area contributed by atoms with Crippen LogP contribution in [0.2, 0.25) is 0 Å². The van der Waals surface area contributed by atoms with Crippen LogP contribution in [0.15, 0.2) is 0 Å². The number of carboxylic acid groups (broad SMARTS) is 1. The van der Waals surface area contributed by atoms with Gasteiger partial charge in [0.1, 0.15) is 0 Å². The topological polar surface area (TPSA) is 98.7 Å². The van der Waals surface area contributed by atoms with Gasteiger partial charge in [0.15, 0.2) is 6.04 Å². The zero-order valence-corrected chi connectivity index (χ0v) is 12.3. The number of urea groups is 1. The van der Waals surface area contributed by atoms with Gasteiger partial charge in [-0.3, -0.25) is 0 Å². The van der Waals surface area contributed by atoms with Gasteiger partial charge in [-0.15, -0.1) is 0 Å². The van der Waals surface area contributed by atoms with Gasteiger partial charge in [0, 0.05) is 6.54 Å². The molecule has 0 fully saturated rings.